The number of anilines is 2. The predicted molar refractivity (Wildman–Crippen MR) is 64.5 cm³/mol. The van der Waals surface area contributed by atoms with Crippen molar-refractivity contribution in [3.63, 3.8) is 0 Å². The number of hydrogen-bond donors (Lipinski definition) is 2. The van der Waals surface area contributed by atoms with Crippen LogP contribution in [0.2, 0.25) is 0 Å². The highest BCUT2D eigenvalue weighted by Crippen LogP contribution is 2.17. The Bertz CT molecular complexity index is 596. The lowest BCUT2D eigenvalue weighted by Gasteiger charge is -2.05. The third-order valence-corrected chi connectivity index (χ3v) is 3.95. The van der Waals surface area contributed by atoms with Crippen molar-refractivity contribution in [1.29, 1.82) is 0 Å². The molecule has 0 aromatic carbocycles. The van der Waals surface area contributed by atoms with Gasteiger partial charge in [0.2, 0.25) is 5.13 Å². The molecule has 2 rings (SSSR count). The van der Waals surface area contributed by atoms with Crippen molar-refractivity contribution in [2.45, 2.75) is 4.90 Å². The van der Waals surface area contributed by atoms with Crippen molar-refractivity contribution in [2.24, 2.45) is 0 Å². The summed E-state index contributed by atoms with van der Waals surface area (Å²) < 4.78 is 26.2. The van der Waals surface area contributed by atoms with Gasteiger partial charge in [0.25, 0.3) is 10.0 Å². The fourth-order valence-electron chi connectivity index (χ4n) is 1.11. The summed E-state index contributed by atoms with van der Waals surface area (Å²) in [7, 11) is -1.97. The van der Waals surface area contributed by atoms with Gasteiger partial charge in [-0.2, -0.15) is 0 Å². The Morgan fingerprint density at radius 3 is 2.88 bits per heavy atom. The Kier molecular flexibility index (Phi) is 3.20. The molecule has 17 heavy (non-hydrogen) atoms. The summed E-state index contributed by atoms with van der Waals surface area (Å²) >= 11 is 1.11. The average Bonchev–Trinajstić information content (AvgIpc) is 2.81. The van der Waals surface area contributed by atoms with Crippen LogP contribution in [0.1, 0.15) is 0 Å². The van der Waals surface area contributed by atoms with Crippen LogP contribution in [0.4, 0.5) is 10.9 Å². The zero-order valence-electron chi connectivity index (χ0n) is 8.78. The second-order valence-electron chi connectivity index (χ2n) is 2.98. The minimum absolute atomic E-state index is 0.118. The van der Waals surface area contributed by atoms with Crippen LogP contribution in [0.25, 0.3) is 0 Å². The summed E-state index contributed by atoms with van der Waals surface area (Å²) in [6.45, 7) is 0. The highest BCUT2D eigenvalue weighted by molar-refractivity contribution is 7.93. The second-order valence-corrected chi connectivity index (χ2v) is 5.49. The molecule has 0 fully saturated rings. The van der Waals surface area contributed by atoms with E-state index in [2.05, 4.69) is 25.2 Å². The molecule has 0 aliphatic heterocycles. The lowest BCUT2D eigenvalue weighted by atomic mass is 10.5. The largest absolute Gasteiger partial charge is 0.373 e. The molecule has 9 heteroatoms. The van der Waals surface area contributed by atoms with Crippen molar-refractivity contribution < 1.29 is 8.42 Å². The molecule has 0 aliphatic rings. The standard InChI is InChI=1S/C8H9N5O2S2/c1-9-7-4-6(2-3-10-7)17(14,15)13-8-12-11-5-16-8/h2-5H,1H3,(H,9,10)(H,12,13). The molecule has 0 bridgehead atoms. The van der Waals surface area contributed by atoms with Crippen molar-refractivity contribution in [3.8, 4) is 0 Å². The van der Waals surface area contributed by atoms with Crippen molar-refractivity contribution >= 4 is 32.3 Å². The SMILES string of the molecule is CNc1cc(S(=O)(=O)Nc2nncs2)ccn1. The van der Waals surface area contributed by atoms with Crippen molar-refractivity contribution in [1.82, 2.24) is 15.2 Å². The molecular formula is C8H9N5O2S2. The Morgan fingerprint density at radius 2 is 2.24 bits per heavy atom. The van der Waals surface area contributed by atoms with Gasteiger partial charge in [0, 0.05) is 19.3 Å². The number of aromatic nitrogens is 3. The van der Waals surface area contributed by atoms with Crippen LogP contribution in [-0.2, 0) is 10.0 Å². The maximum Gasteiger partial charge on any atom is 0.263 e. The van der Waals surface area contributed by atoms with Gasteiger partial charge < -0.3 is 5.32 Å². The fraction of sp³-hybridized carbons (Fsp3) is 0.125. The van der Waals surface area contributed by atoms with Crippen LogP contribution in [-0.4, -0.2) is 30.6 Å². The lowest BCUT2D eigenvalue weighted by molar-refractivity contribution is 0.601. The van der Waals surface area contributed by atoms with Crippen LogP contribution in [0.15, 0.2) is 28.7 Å². The van der Waals surface area contributed by atoms with Gasteiger partial charge >= 0.3 is 0 Å². The zero-order valence-corrected chi connectivity index (χ0v) is 10.4. The summed E-state index contributed by atoms with van der Waals surface area (Å²) in [5.74, 6) is 0.477. The van der Waals surface area contributed by atoms with E-state index in [9.17, 15) is 8.42 Å². The van der Waals surface area contributed by atoms with Gasteiger partial charge in [-0.1, -0.05) is 11.3 Å². The van der Waals surface area contributed by atoms with Crippen LogP contribution < -0.4 is 10.0 Å². The molecule has 0 atom stereocenters. The molecule has 0 amide bonds. The quantitative estimate of drug-likeness (QED) is 0.852. The van der Waals surface area contributed by atoms with Gasteiger partial charge in [-0.3, -0.25) is 4.72 Å². The maximum absolute atomic E-state index is 11.9. The minimum atomic E-state index is -3.64. The molecule has 0 aliphatic carbocycles. The third kappa shape index (κ3) is 2.68. The smallest absolute Gasteiger partial charge is 0.263 e. The van der Waals surface area contributed by atoms with E-state index in [1.165, 1.54) is 23.8 Å². The first-order valence-corrected chi connectivity index (χ1v) is 6.91. The van der Waals surface area contributed by atoms with Crippen LogP contribution in [0.5, 0.6) is 0 Å². The first-order chi connectivity index (χ1) is 8.12. The zero-order chi connectivity index (χ0) is 12.3. The molecule has 2 aromatic rings. The Morgan fingerprint density at radius 1 is 1.41 bits per heavy atom. The summed E-state index contributed by atoms with van der Waals surface area (Å²) in [5.41, 5.74) is 1.45. The van der Waals surface area contributed by atoms with Gasteiger partial charge in [0.05, 0.1) is 4.90 Å². The summed E-state index contributed by atoms with van der Waals surface area (Å²) in [6, 6.07) is 2.84. The maximum atomic E-state index is 11.9. The Hall–Kier alpha value is -1.74. The van der Waals surface area contributed by atoms with E-state index in [1.54, 1.807) is 7.05 Å². The van der Waals surface area contributed by atoms with Crippen molar-refractivity contribution in [3.05, 3.63) is 23.8 Å². The molecule has 7 nitrogen and oxygen atoms in total. The first-order valence-electron chi connectivity index (χ1n) is 4.54. The van der Waals surface area contributed by atoms with E-state index in [1.807, 2.05) is 0 Å². The van der Waals surface area contributed by atoms with E-state index < -0.39 is 10.0 Å². The number of pyridine rings is 1. The predicted octanol–water partition coefficient (Wildman–Crippen LogP) is 0.776. The second kappa shape index (κ2) is 4.63. The molecule has 0 saturated carbocycles. The third-order valence-electron chi connectivity index (χ3n) is 1.88. The van der Waals surface area contributed by atoms with Crippen LogP contribution in [0, 0.1) is 0 Å². The molecule has 0 saturated heterocycles. The van der Waals surface area contributed by atoms with Gasteiger partial charge in [-0.15, -0.1) is 10.2 Å². The normalized spacial score (nSPS) is 11.1. The summed E-state index contributed by atoms with van der Waals surface area (Å²) in [4.78, 5) is 4.06. The molecule has 2 heterocycles. The Labute approximate surface area is 102 Å². The number of rotatable bonds is 4. The molecular weight excluding hydrogens is 262 g/mol. The summed E-state index contributed by atoms with van der Waals surface area (Å²) in [5, 5.41) is 10.2. The van der Waals surface area contributed by atoms with Gasteiger partial charge in [0.15, 0.2) is 0 Å². The monoisotopic (exact) mass is 271 g/mol. The topological polar surface area (TPSA) is 96.9 Å². The van der Waals surface area contributed by atoms with E-state index in [4.69, 9.17) is 0 Å². The van der Waals surface area contributed by atoms with E-state index in [-0.39, 0.29) is 10.0 Å². The number of hydrogen-bond acceptors (Lipinski definition) is 7. The molecule has 2 aromatic heterocycles. The van der Waals surface area contributed by atoms with E-state index in [0.717, 1.165) is 11.3 Å². The lowest BCUT2D eigenvalue weighted by Crippen LogP contribution is -2.13. The molecule has 0 unspecified atom stereocenters. The number of nitrogens with one attached hydrogen (secondary N) is 2. The number of nitrogens with zero attached hydrogens (tertiary/aromatic N) is 3. The van der Waals surface area contributed by atoms with Gasteiger partial charge in [0.1, 0.15) is 11.3 Å². The summed E-state index contributed by atoms with van der Waals surface area (Å²) in [6.07, 6.45) is 1.42. The van der Waals surface area contributed by atoms with E-state index >= 15 is 0 Å². The van der Waals surface area contributed by atoms with Crippen LogP contribution in [0.3, 0.4) is 0 Å². The minimum Gasteiger partial charge on any atom is -0.373 e. The molecule has 0 radical (unpaired) electrons. The highest BCUT2D eigenvalue weighted by Gasteiger charge is 2.16. The van der Waals surface area contributed by atoms with Crippen molar-refractivity contribution in [2.75, 3.05) is 17.1 Å². The first kappa shape index (κ1) is 11.7. The average molecular weight is 271 g/mol. The Balaban J connectivity index is 2.31. The number of sulfonamides is 1. The molecule has 0 spiro atoms. The molecule has 2 N–H and O–H groups in total. The van der Waals surface area contributed by atoms with Crippen LogP contribution >= 0.6 is 11.3 Å². The van der Waals surface area contributed by atoms with E-state index in [0.29, 0.717) is 5.82 Å². The highest BCUT2D eigenvalue weighted by atomic mass is 32.2. The molecule has 90 valence electrons. The fourth-order valence-corrected chi connectivity index (χ4v) is 2.81. The van der Waals surface area contributed by atoms with Gasteiger partial charge in [-0.25, -0.2) is 13.4 Å². The van der Waals surface area contributed by atoms with Gasteiger partial charge in [-0.05, 0) is 6.07 Å².